The van der Waals surface area contributed by atoms with E-state index in [0.717, 1.165) is 5.56 Å². The second kappa shape index (κ2) is 6.75. The molecule has 0 aliphatic rings. The fourth-order valence-electron chi connectivity index (χ4n) is 1.77. The molecule has 2 aromatic carbocycles. The van der Waals surface area contributed by atoms with Gasteiger partial charge in [-0.25, -0.2) is 4.79 Å². The molecule has 104 valence electrons. The third-order valence-corrected chi connectivity index (χ3v) is 2.65. The van der Waals surface area contributed by atoms with E-state index in [9.17, 15) is 4.79 Å². The monoisotopic (exact) mass is 270 g/mol. The molecular weight excluding hydrogens is 252 g/mol. The molecule has 20 heavy (non-hydrogen) atoms. The van der Waals surface area contributed by atoms with Crippen LogP contribution in [0.3, 0.4) is 0 Å². The normalized spacial score (nSPS) is 10.3. The zero-order chi connectivity index (χ0) is 14.4. The summed E-state index contributed by atoms with van der Waals surface area (Å²) in [5, 5.41) is 0. The lowest BCUT2D eigenvalue weighted by Crippen LogP contribution is -2.08. The van der Waals surface area contributed by atoms with Crippen LogP contribution in [0.1, 0.15) is 29.8 Å². The quantitative estimate of drug-likeness (QED) is 0.774. The molecule has 3 nitrogen and oxygen atoms in total. The first-order valence-electron chi connectivity index (χ1n) is 6.63. The minimum Gasteiger partial charge on any atom is -0.491 e. The molecule has 2 aromatic rings. The molecule has 0 aromatic heterocycles. The van der Waals surface area contributed by atoms with E-state index >= 15 is 0 Å². The Kier molecular flexibility index (Phi) is 4.77. The van der Waals surface area contributed by atoms with E-state index in [2.05, 4.69) is 0 Å². The maximum atomic E-state index is 12.0. The molecule has 0 saturated carbocycles. The number of ether oxygens (including phenoxy) is 2. The van der Waals surface area contributed by atoms with Crippen LogP contribution in [0.4, 0.5) is 0 Å². The van der Waals surface area contributed by atoms with Crippen LogP contribution in [0, 0.1) is 0 Å². The number of carbonyl (C=O) groups excluding carboxylic acids is 1. The number of esters is 1. The summed E-state index contributed by atoms with van der Waals surface area (Å²) < 4.78 is 10.8. The van der Waals surface area contributed by atoms with Gasteiger partial charge in [0.2, 0.25) is 0 Å². The van der Waals surface area contributed by atoms with Gasteiger partial charge in [0, 0.05) is 0 Å². The second-order valence-corrected chi connectivity index (χ2v) is 4.76. The lowest BCUT2D eigenvalue weighted by molar-refractivity contribution is 0.0472. The highest BCUT2D eigenvalue weighted by atomic mass is 16.5. The van der Waals surface area contributed by atoms with E-state index in [-0.39, 0.29) is 18.7 Å². The van der Waals surface area contributed by atoms with E-state index in [0.29, 0.717) is 11.3 Å². The Balaban J connectivity index is 1.98. The van der Waals surface area contributed by atoms with Crippen LogP contribution in [0.15, 0.2) is 54.6 Å². The van der Waals surface area contributed by atoms with Gasteiger partial charge in [-0.1, -0.05) is 36.4 Å². The Labute approximate surface area is 119 Å². The number of rotatable bonds is 5. The van der Waals surface area contributed by atoms with Crippen LogP contribution >= 0.6 is 0 Å². The van der Waals surface area contributed by atoms with E-state index < -0.39 is 0 Å². The molecule has 0 amide bonds. The molecule has 0 aliphatic heterocycles. The van der Waals surface area contributed by atoms with Crippen molar-refractivity contribution in [3.05, 3.63) is 65.7 Å². The van der Waals surface area contributed by atoms with Crippen molar-refractivity contribution >= 4 is 5.97 Å². The number of hydrogen-bond donors (Lipinski definition) is 0. The summed E-state index contributed by atoms with van der Waals surface area (Å²) in [5.74, 6) is 0.331. The van der Waals surface area contributed by atoms with Gasteiger partial charge < -0.3 is 9.47 Å². The Morgan fingerprint density at radius 2 is 1.80 bits per heavy atom. The van der Waals surface area contributed by atoms with Crippen molar-refractivity contribution in [1.82, 2.24) is 0 Å². The average Bonchev–Trinajstić information content (AvgIpc) is 2.45. The largest absolute Gasteiger partial charge is 0.491 e. The first-order valence-corrected chi connectivity index (χ1v) is 6.63. The van der Waals surface area contributed by atoms with Gasteiger partial charge in [0.1, 0.15) is 12.4 Å². The van der Waals surface area contributed by atoms with Gasteiger partial charge in [0.05, 0.1) is 11.7 Å². The molecule has 0 bridgehead atoms. The van der Waals surface area contributed by atoms with Crippen molar-refractivity contribution < 1.29 is 14.3 Å². The molecule has 0 aliphatic carbocycles. The average molecular weight is 270 g/mol. The predicted octanol–water partition coefficient (Wildman–Crippen LogP) is 3.83. The maximum absolute atomic E-state index is 12.0. The minimum absolute atomic E-state index is 0.0746. The third-order valence-electron chi connectivity index (χ3n) is 2.65. The Bertz CT molecular complexity index is 561. The SMILES string of the molecule is CC(C)Oc1cccc(C(=O)OCc2ccccc2)c1. The second-order valence-electron chi connectivity index (χ2n) is 4.76. The highest BCUT2D eigenvalue weighted by Crippen LogP contribution is 2.16. The molecule has 3 heteroatoms. The fourth-order valence-corrected chi connectivity index (χ4v) is 1.77. The summed E-state index contributed by atoms with van der Waals surface area (Å²) in [4.78, 5) is 12.0. The highest BCUT2D eigenvalue weighted by Gasteiger charge is 2.09. The van der Waals surface area contributed by atoms with Crippen LogP contribution in [-0.4, -0.2) is 12.1 Å². The van der Waals surface area contributed by atoms with Gasteiger partial charge >= 0.3 is 5.97 Å². The van der Waals surface area contributed by atoms with Crippen molar-refractivity contribution in [3.63, 3.8) is 0 Å². The summed E-state index contributed by atoms with van der Waals surface area (Å²) in [7, 11) is 0. The summed E-state index contributed by atoms with van der Waals surface area (Å²) >= 11 is 0. The predicted molar refractivity (Wildman–Crippen MR) is 77.8 cm³/mol. The molecule has 0 N–H and O–H groups in total. The van der Waals surface area contributed by atoms with Crippen LogP contribution in [-0.2, 0) is 11.3 Å². The molecule has 0 fully saturated rings. The minimum atomic E-state index is -0.344. The van der Waals surface area contributed by atoms with Gasteiger partial charge in [-0.3, -0.25) is 0 Å². The first kappa shape index (κ1) is 14.1. The van der Waals surface area contributed by atoms with Crippen molar-refractivity contribution in [3.8, 4) is 5.75 Å². The van der Waals surface area contributed by atoms with Crippen molar-refractivity contribution in [2.75, 3.05) is 0 Å². The first-order chi connectivity index (χ1) is 9.65. The molecule has 0 spiro atoms. The Morgan fingerprint density at radius 1 is 1.05 bits per heavy atom. The van der Waals surface area contributed by atoms with E-state index in [1.54, 1.807) is 18.2 Å². The fraction of sp³-hybridized carbons (Fsp3) is 0.235. The van der Waals surface area contributed by atoms with Crippen molar-refractivity contribution in [1.29, 1.82) is 0 Å². The zero-order valence-corrected chi connectivity index (χ0v) is 11.7. The molecular formula is C17H18O3. The van der Waals surface area contributed by atoms with Gasteiger partial charge in [-0.15, -0.1) is 0 Å². The lowest BCUT2D eigenvalue weighted by Gasteiger charge is -2.10. The standard InChI is InChI=1S/C17H18O3/c1-13(2)20-16-10-6-9-15(11-16)17(18)19-12-14-7-4-3-5-8-14/h3-11,13H,12H2,1-2H3. The molecule has 0 heterocycles. The van der Waals surface area contributed by atoms with E-state index in [1.807, 2.05) is 50.2 Å². The van der Waals surface area contributed by atoms with Crippen molar-refractivity contribution in [2.24, 2.45) is 0 Å². The van der Waals surface area contributed by atoms with Gasteiger partial charge in [-0.2, -0.15) is 0 Å². The van der Waals surface area contributed by atoms with E-state index in [4.69, 9.17) is 9.47 Å². The lowest BCUT2D eigenvalue weighted by atomic mass is 10.2. The summed E-state index contributed by atoms with van der Waals surface area (Å²) in [6, 6.07) is 16.6. The van der Waals surface area contributed by atoms with Crippen molar-refractivity contribution in [2.45, 2.75) is 26.6 Å². The number of hydrogen-bond acceptors (Lipinski definition) is 3. The molecule has 2 rings (SSSR count). The topological polar surface area (TPSA) is 35.5 Å². The van der Waals surface area contributed by atoms with Gasteiger partial charge in [-0.05, 0) is 37.6 Å². The molecule has 0 atom stereocenters. The third kappa shape index (κ3) is 4.12. The molecule has 0 saturated heterocycles. The molecule has 0 radical (unpaired) electrons. The highest BCUT2D eigenvalue weighted by molar-refractivity contribution is 5.89. The Morgan fingerprint density at radius 3 is 2.50 bits per heavy atom. The summed E-state index contributed by atoms with van der Waals surface area (Å²) in [5.41, 5.74) is 1.47. The van der Waals surface area contributed by atoms with Crippen LogP contribution in [0.2, 0.25) is 0 Å². The Hall–Kier alpha value is -2.29. The van der Waals surface area contributed by atoms with Crippen LogP contribution < -0.4 is 4.74 Å². The van der Waals surface area contributed by atoms with Crippen LogP contribution in [0.5, 0.6) is 5.75 Å². The smallest absolute Gasteiger partial charge is 0.338 e. The van der Waals surface area contributed by atoms with Gasteiger partial charge in [0.25, 0.3) is 0 Å². The number of carbonyl (C=O) groups is 1. The van der Waals surface area contributed by atoms with Crippen LogP contribution in [0.25, 0.3) is 0 Å². The number of benzene rings is 2. The van der Waals surface area contributed by atoms with E-state index in [1.165, 1.54) is 0 Å². The van der Waals surface area contributed by atoms with Gasteiger partial charge in [0.15, 0.2) is 0 Å². The maximum Gasteiger partial charge on any atom is 0.338 e. The summed E-state index contributed by atoms with van der Waals surface area (Å²) in [6.45, 7) is 4.16. The molecule has 0 unspecified atom stereocenters. The summed E-state index contributed by atoms with van der Waals surface area (Å²) in [6.07, 6.45) is 0.0746. The zero-order valence-electron chi connectivity index (χ0n) is 11.7.